The minimum atomic E-state index is -0.996. The largest absolute Gasteiger partial charge is 0.480 e. The van der Waals surface area contributed by atoms with E-state index in [2.05, 4.69) is 10.4 Å². The summed E-state index contributed by atoms with van der Waals surface area (Å²) in [6, 6.07) is 1.05. The summed E-state index contributed by atoms with van der Waals surface area (Å²) < 4.78 is 1.75. The van der Waals surface area contributed by atoms with Crippen molar-refractivity contribution in [3.63, 3.8) is 0 Å². The smallest absolute Gasteiger partial charge is 0.326 e. The summed E-state index contributed by atoms with van der Waals surface area (Å²) in [6.45, 7) is 3.74. The number of aromatic nitrogens is 2. The molecule has 1 aliphatic rings. The molecule has 1 fully saturated rings. The second-order valence-electron chi connectivity index (χ2n) is 5.77. The first-order valence-corrected chi connectivity index (χ1v) is 7.61. The number of hydrogen-bond donors (Lipinski definition) is 2. The highest BCUT2D eigenvalue weighted by molar-refractivity contribution is 5.95. The molecular weight excluding hydrogens is 270 g/mol. The van der Waals surface area contributed by atoms with Gasteiger partial charge in [0.1, 0.15) is 11.7 Å². The molecule has 0 bridgehead atoms. The molecule has 2 rings (SSSR count). The molecule has 0 radical (unpaired) electrons. The van der Waals surface area contributed by atoms with Gasteiger partial charge in [0.05, 0.1) is 6.04 Å². The number of carbonyl (C=O) groups excluding carboxylic acids is 1. The van der Waals surface area contributed by atoms with Gasteiger partial charge in [-0.05, 0) is 24.8 Å². The van der Waals surface area contributed by atoms with Crippen molar-refractivity contribution in [3.05, 3.63) is 18.0 Å². The zero-order valence-corrected chi connectivity index (χ0v) is 12.6. The number of amides is 1. The molecule has 1 aliphatic carbocycles. The van der Waals surface area contributed by atoms with E-state index < -0.39 is 12.0 Å². The zero-order chi connectivity index (χ0) is 15.4. The minimum absolute atomic E-state index is 0.116. The highest BCUT2D eigenvalue weighted by atomic mass is 16.4. The normalized spacial score (nSPS) is 18.4. The summed E-state index contributed by atoms with van der Waals surface area (Å²) in [5.74, 6) is -1.47. The molecule has 2 unspecified atom stereocenters. The molecule has 21 heavy (non-hydrogen) atoms. The maximum absolute atomic E-state index is 12.4. The summed E-state index contributed by atoms with van der Waals surface area (Å²) in [5, 5.41) is 16.1. The van der Waals surface area contributed by atoms with Gasteiger partial charge in [0.25, 0.3) is 5.91 Å². The molecule has 1 heterocycles. The summed E-state index contributed by atoms with van der Waals surface area (Å²) in [4.78, 5) is 23.7. The van der Waals surface area contributed by atoms with Crippen LogP contribution < -0.4 is 5.32 Å². The van der Waals surface area contributed by atoms with Crippen molar-refractivity contribution in [2.24, 2.45) is 5.92 Å². The van der Waals surface area contributed by atoms with Gasteiger partial charge in [0.2, 0.25) is 0 Å². The van der Waals surface area contributed by atoms with Gasteiger partial charge in [-0.1, -0.05) is 33.1 Å². The molecule has 1 amide bonds. The van der Waals surface area contributed by atoms with E-state index in [9.17, 15) is 14.7 Å². The standard InChI is InChI=1S/C15H23N3O3/c1-3-10(2)13(15(20)21)17-14(19)12-8-9-16-18(12)11-6-4-5-7-11/h8-11,13H,3-7H2,1-2H3,(H,17,19)(H,20,21). The van der Waals surface area contributed by atoms with Gasteiger partial charge in [-0.2, -0.15) is 5.10 Å². The lowest BCUT2D eigenvalue weighted by molar-refractivity contribution is -0.140. The molecule has 116 valence electrons. The monoisotopic (exact) mass is 293 g/mol. The SMILES string of the molecule is CCC(C)C(NC(=O)c1ccnn1C1CCCC1)C(=O)O. The zero-order valence-electron chi connectivity index (χ0n) is 12.6. The number of carboxylic acid groups (broad SMARTS) is 1. The molecule has 0 spiro atoms. The van der Waals surface area contributed by atoms with Crippen LogP contribution in [0.5, 0.6) is 0 Å². The molecule has 0 saturated heterocycles. The Balaban J connectivity index is 2.12. The van der Waals surface area contributed by atoms with Crippen molar-refractivity contribution in [3.8, 4) is 0 Å². The van der Waals surface area contributed by atoms with Gasteiger partial charge in [0, 0.05) is 6.20 Å². The number of nitrogens with zero attached hydrogens (tertiary/aromatic N) is 2. The second kappa shape index (κ2) is 6.74. The predicted octanol–water partition coefficient (Wildman–Crippen LogP) is 2.23. The fraction of sp³-hybridized carbons (Fsp3) is 0.667. The third-order valence-corrected chi connectivity index (χ3v) is 4.34. The number of rotatable bonds is 6. The van der Waals surface area contributed by atoms with E-state index in [1.54, 1.807) is 16.9 Å². The van der Waals surface area contributed by atoms with Gasteiger partial charge >= 0.3 is 5.97 Å². The number of aliphatic carboxylic acids is 1. The summed E-state index contributed by atoms with van der Waals surface area (Å²) >= 11 is 0. The highest BCUT2D eigenvalue weighted by Crippen LogP contribution is 2.29. The third kappa shape index (κ3) is 3.43. The van der Waals surface area contributed by atoms with Crippen LogP contribution in [0.15, 0.2) is 12.3 Å². The van der Waals surface area contributed by atoms with Crippen LogP contribution >= 0.6 is 0 Å². The van der Waals surface area contributed by atoms with E-state index in [-0.39, 0.29) is 17.9 Å². The van der Waals surface area contributed by atoms with Gasteiger partial charge in [-0.25, -0.2) is 4.79 Å². The van der Waals surface area contributed by atoms with Crippen molar-refractivity contribution in [1.82, 2.24) is 15.1 Å². The second-order valence-corrected chi connectivity index (χ2v) is 5.77. The van der Waals surface area contributed by atoms with E-state index in [1.165, 1.54) is 0 Å². The molecule has 0 aromatic carbocycles. The first-order valence-electron chi connectivity index (χ1n) is 7.61. The van der Waals surface area contributed by atoms with Crippen LogP contribution in [0, 0.1) is 5.92 Å². The van der Waals surface area contributed by atoms with Crippen LogP contribution in [0.3, 0.4) is 0 Å². The molecule has 6 heteroatoms. The molecule has 1 aromatic heterocycles. The van der Waals surface area contributed by atoms with Crippen LogP contribution in [-0.4, -0.2) is 32.8 Å². The number of carboxylic acids is 1. The Labute approximate surface area is 124 Å². The quantitative estimate of drug-likeness (QED) is 0.842. The van der Waals surface area contributed by atoms with Gasteiger partial charge in [-0.15, -0.1) is 0 Å². The predicted molar refractivity (Wildman–Crippen MR) is 78.1 cm³/mol. The van der Waals surface area contributed by atoms with Gasteiger partial charge in [0.15, 0.2) is 0 Å². The lowest BCUT2D eigenvalue weighted by Gasteiger charge is -2.21. The van der Waals surface area contributed by atoms with E-state index in [0.717, 1.165) is 25.7 Å². The molecular formula is C15H23N3O3. The Morgan fingerprint density at radius 1 is 1.48 bits per heavy atom. The average molecular weight is 293 g/mol. The Hall–Kier alpha value is -1.85. The minimum Gasteiger partial charge on any atom is -0.480 e. The molecule has 0 aliphatic heterocycles. The fourth-order valence-corrected chi connectivity index (χ4v) is 2.83. The lowest BCUT2D eigenvalue weighted by Crippen LogP contribution is -2.45. The van der Waals surface area contributed by atoms with Crippen LogP contribution in [0.1, 0.15) is 62.5 Å². The van der Waals surface area contributed by atoms with Crippen molar-refractivity contribution in [1.29, 1.82) is 0 Å². The summed E-state index contributed by atoms with van der Waals surface area (Å²) in [5.41, 5.74) is 0.455. The number of carbonyl (C=O) groups is 2. The Morgan fingerprint density at radius 2 is 2.14 bits per heavy atom. The molecule has 1 aromatic rings. The van der Waals surface area contributed by atoms with E-state index in [1.807, 2.05) is 13.8 Å². The highest BCUT2D eigenvalue weighted by Gasteiger charge is 2.28. The summed E-state index contributed by atoms with van der Waals surface area (Å²) in [6.07, 6.45) is 6.64. The fourth-order valence-electron chi connectivity index (χ4n) is 2.83. The van der Waals surface area contributed by atoms with Gasteiger partial charge < -0.3 is 10.4 Å². The van der Waals surface area contributed by atoms with Crippen LogP contribution in [0.4, 0.5) is 0 Å². The van der Waals surface area contributed by atoms with Crippen molar-refractivity contribution < 1.29 is 14.7 Å². The number of nitrogens with one attached hydrogen (secondary N) is 1. The maximum atomic E-state index is 12.4. The first kappa shape index (κ1) is 15.5. The Kier molecular flexibility index (Phi) is 4.98. The number of hydrogen-bond acceptors (Lipinski definition) is 3. The van der Waals surface area contributed by atoms with E-state index in [0.29, 0.717) is 12.1 Å². The molecule has 6 nitrogen and oxygen atoms in total. The first-order chi connectivity index (χ1) is 10.0. The molecule has 1 saturated carbocycles. The van der Waals surface area contributed by atoms with Crippen LogP contribution in [0.2, 0.25) is 0 Å². The third-order valence-electron chi connectivity index (χ3n) is 4.34. The maximum Gasteiger partial charge on any atom is 0.326 e. The van der Waals surface area contributed by atoms with Crippen LogP contribution in [-0.2, 0) is 4.79 Å². The molecule has 2 N–H and O–H groups in total. The van der Waals surface area contributed by atoms with E-state index in [4.69, 9.17) is 0 Å². The lowest BCUT2D eigenvalue weighted by atomic mass is 9.99. The Morgan fingerprint density at radius 3 is 2.71 bits per heavy atom. The van der Waals surface area contributed by atoms with Crippen molar-refractivity contribution in [2.45, 2.75) is 58.0 Å². The van der Waals surface area contributed by atoms with E-state index >= 15 is 0 Å². The van der Waals surface area contributed by atoms with Crippen molar-refractivity contribution in [2.75, 3.05) is 0 Å². The Bertz CT molecular complexity index is 506. The van der Waals surface area contributed by atoms with Gasteiger partial charge in [-0.3, -0.25) is 9.48 Å². The average Bonchev–Trinajstić information content (AvgIpc) is 3.12. The van der Waals surface area contributed by atoms with Crippen molar-refractivity contribution >= 4 is 11.9 Å². The topological polar surface area (TPSA) is 84.2 Å². The molecule has 2 atom stereocenters. The summed E-state index contributed by atoms with van der Waals surface area (Å²) in [7, 11) is 0. The van der Waals surface area contributed by atoms with Crippen LogP contribution in [0.25, 0.3) is 0 Å².